The van der Waals surface area contributed by atoms with Gasteiger partial charge in [0.1, 0.15) is 25.1 Å². The quantitative estimate of drug-likeness (QED) is 0.550. The normalized spacial score (nSPS) is 12.1. The van der Waals surface area contributed by atoms with Crippen molar-refractivity contribution in [3.63, 3.8) is 0 Å². The predicted octanol–water partition coefficient (Wildman–Crippen LogP) is 0.825. The second-order valence-corrected chi connectivity index (χ2v) is 5.11. The molecular weight excluding hydrogens is 319 g/mol. The fraction of sp³-hybridized carbons (Fsp3) is 0.462. The third-order valence-corrected chi connectivity index (χ3v) is 2.90. The van der Waals surface area contributed by atoms with E-state index in [0.717, 1.165) is 0 Å². The number of amides is 1. The number of nitrogens with one attached hydrogen (secondary N) is 1. The van der Waals surface area contributed by atoms with Gasteiger partial charge < -0.3 is 25.6 Å². The van der Waals surface area contributed by atoms with Crippen molar-refractivity contribution in [3.05, 3.63) is 28.2 Å². The number of carbonyl (C=O) groups excluding carboxylic acids is 1. The Labute approximate surface area is 133 Å². The van der Waals surface area contributed by atoms with Crippen LogP contribution in [0.1, 0.15) is 0 Å². The Balaban J connectivity index is 2.13. The monoisotopic (exact) mass is 336 g/mol. The molecule has 0 saturated carbocycles. The van der Waals surface area contributed by atoms with Gasteiger partial charge in [-0.05, 0) is 18.2 Å². The van der Waals surface area contributed by atoms with Crippen molar-refractivity contribution in [2.24, 2.45) is 5.73 Å². The number of hydrogen-bond donors (Lipinski definition) is 3. The molecule has 0 aliphatic rings. The molecule has 4 N–H and O–H groups in total. The summed E-state index contributed by atoms with van der Waals surface area (Å²) < 4.78 is 10.3. The summed E-state index contributed by atoms with van der Waals surface area (Å²) in [5, 5.41) is 13.6. The zero-order valence-corrected chi connectivity index (χ0v) is 12.9. The molecule has 1 aromatic rings. The lowest BCUT2D eigenvalue weighted by Gasteiger charge is -2.14. The van der Waals surface area contributed by atoms with Gasteiger partial charge in [-0.25, -0.2) is 0 Å². The average Bonchev–Trinajstić information content (AvgIpc) is 2.41. The number of carbonyl (C=O) groups is 1. The molecule has 1 aromatic carbocycles. The molecule has 21 heavy (non-hydrogen) atoms. The molecule has 0 aromatic heterocycles. The average molecular weight is 337 g/mol. The van der Waals surface area contributed by atoms with Crippen LogP contribution >= 0.6 is 23.2 Å². The number of nitrogens with two attached hydrogens (primary N) is 1. The maximum atomic E-state index is 10.4. The summed E-state index contributed by atoms with van der Waals surface area (Å²) in [5.74, 6) is -0.0480. The summed E-state index contributed by atoms with van der Waals surface area (Å²) in [6, 6.07) is 4.87. The largest absolute Gasteiger partial charge is 0.489 e. The highest BCUT2D eigenvalue weighted by atomic mass is 35.5. The molecule has 0 radical (unpaired) electrons. The van der Waals surface area contributed by atoms with E-state index in [4.69, 9.17) is 38.4 Å². The van der Waals surface area contributed by atoms with Gasteiger partial charge in [0.15, 0.2) is 0 Å². The number of aliphatic hydroxyl groups is 1. The predicted molar refractivity (Wildman–Crippen MR) is 80.8 cm³/mol. The Morgan fingerprint density at radius 1 is 1.43 bits per heavy atom. The van der Waals surface area contributed by atoms with E-state index in [1.165, 1.54) is 0 Å². The highest BCUT2D eigenvalue weighted by Gasteiger charge is 2.07. The van der Waals surface area contributed by atoms with Crippen molar-refractivity contribution in [1.29, 1.82) is 0 Å². The fourth-order valence-corrected chi connectivity index (χ4v) is 1.89. The highest BCUT2D eigenvalue weighted by Crippen LogP contribution is 2.27. The number of rotatable bonds is 10. The van der Waals surface area contributed by atoms with E-state index < -0.39 is 12.0 Å². The summed E-state index contributed by atoms with van der Waals surface area (Å²) in [5.41, 5.74) is 4.91. The maximum Gasteiger partial charge on any atom is 0.243 e. The molecule has 1 amide bonds. The third kappa shape index (κ3) is 8.08. The van der Waals surface area contributed by atoms with E-state index in [1.54, 1.807) is 18.2 Å². The van der Waals surface area contributed by atoms with Gasteiger partial charge in [-0.1, -0.05) is 23.2 Å². The van der Waals surface area contributed by atoms with Crippen LogP contribution < -0.4 is 15.8 Å². The molecule has 0 aliphatic heterocycles. The smallest absolute Gasteiger partial charge is 0.243 e. The zero-order valence-electron chi connectivity index (χ0n) is 11.4. The Kier molecular flexibility index (Phi) is 8.41. The van der Waals surface area contributed by atoms with Crippen LogP contribution in [-0.2, 0) is 9.53 Å². The molecule has 1 unspecified atom stereocenters. The molecule has 0 bridgehead atoms. The van der Waals surface area contributed by atoms with Gasteiger partial charge >= 0.3 is 0 Å². The van der Waals surface area contributed by atoms with Crippen molar-refractivity contribution in [2.45, 2.75) is 6.10 Å². The van der Waals surface area contributed by atoms with Crippen molar-refractivity contribution < 1.29 is 19.4 Å². The van der Waals surface area contributed by atoms with E-state index in [1.807, 2.05) is 0 Å². The van der Waals surface area contributed by atoms with Crippen LogP contribution in [0.3, 0.4) is 0 Å². The summed E-state index contributed by atoms with van der Waals surface area (Å²) in [6.07, 6.45) is -0.701. The summed E-state index contributed by atoms with van der Waals surface area (Å²) in [4.78, 5) is 10.4. The first-order chi connectivity index (χ1) is 9.99. The van der Waals surface area contributed by atoms with Crippen LogP contribution in [0.5, 0.6) is 5.75 Å². The molecule has 6 nitrogen and oxygen atoms in total. The number of hydrogen-bond acceptors (Lipinski definition) is 5. The Hall–Kier alpha value is -1.05. The number of primary amides is 1. The first-order valence-electron chi connectivity index (χ1n) is 6.31. The topological polar surface area (TPSA) is 93.8 Å². The van der Waals surface area contributed by atoms with E-state index in [2.05, 4.69) is 5.32 Å². The second-order valence-electron chi connectivity index (χ2n) is 4.26. The van der Waals surface area contributed by atoms with Gasteiger partial charge in [0, 0.05) is 18.1 Å². The van der Waals surface area contributed by atoms with Crippen LogP contribution in [0.4, 0.5) is 0 Å². The highest BCUT2D eigenvalue weighted by molar-refractivity contribution is 6.35. The molecule has 1 rings (SSSR count). The minimum atomic E-state index is -0.701. The summed E-state index contributed by atoms with van der Waals surface area (Å²) >= 11 is 11.7. The number of benzene rings is 1. The molecule has 8 heteroatoms. The molecular formula is C13H18Cl2N2O4. The maximum absolute atomic E-state index is 10.4. The minimum Gasteiger partial charge on any atom is -0.489 e. The summed E-state index contributed by atoms with van der Waals surface area (Å²) in [6.45, 7) is 1.13. The van der Waals surface area contributed by atoms with E-state index in [-0.39, 0.29) is 13.2 Å². The lowest BCUT2D eigenvalue weighted by atomic mass is 10.3. The Morgan fingerprint density at radius 3 is 2.86 bits per heavy atom. The van der Waals surface area contributed by atoms with Crippen LogP contribution in [0.15, 0.2) is 18.2 Å². The van der Waals surface area contributed by atoms with Gasteiger partial charge in [-0.15, -0.1) is 0 Å². The van der Waals surface area contributed by atoms with Crippen LogP contribution in [0.25, 0.3) is 0 Å². The lowest BCUT2D eigenvalue weighted by Crippen LogP contribution is -2.33. The van der Waals surface area contributed by atoms with Crippen LogP contribution in [0, 0.1) is 0 Å². The number of ether oxygens (including phenoxy) is 2. The number of halogens is 2. The minimum absolute atomic E-state index is 0.0937. The SMILES string of the molecule is NC(=O)COCCNCC(O)COc1ccc(Cl)cc1Cl. The lowest BCUT2D eigenvalue weighted by molar-refractivity contribution is -0.122. The van der Waals surface area contributed by atoms with Crippen molar-refractivity contribution >= 4 is 29.1 Å². The fourth-order valence-electron chi connectivity index (χ4n) is 1.42. The van der Waals surface area contributed by atoms with Gasteiger partial charge in [-0.2, -0.15) is 0 Å². The van der Waals surface area contributed by atoms with Gasteiger partial charge in [0.25, 0.3) is 0 Å². The number of aliphatic hydroxyl groups excluding tert-OH is 1. The molecule has 0 spiro atoms. The molecule has 0 saturated heterocycles. The molecule has 0 heterocycles. The van der Waals surface area contributed by atoms with E-state index in [9.17, 15) is 9.90 Å². The van der Waals surface area contributed by atoms with E-state index >= 15 is 0 Å². The molecule has 118 valence electrons. The first-order valence-corrected chi connectivity index (χ1v) is 7.07. The molecule has 0 aliphatic carbocycles. The van der Waals surface area contributed by atoms with Gasteiger partial charge in [0.2, 0.25) is 5.91 Å². The zero-order chi connectivity index (χ0) is 15.7. The van der Waals surface area contributed by atoms with Crippen molar-refractivity contribution in [1.82, 2.24) is 5.32 Å². The second kappa shape index (κ2) is 9.81. The van der Waals surface area contributed by atoms with Crippen LogP contribution in [0.2, 0.25) is 10.0 Å². The van der Waals surface area contributed by atoms with Crippen LogP contribution in [-0.4, -0.2) is 50.0 Å². The molecule has 1 atom stereocenters. The Morgan fingerprint density at radius 2 is 2.19 bits per heavy atom. The standard InChI is InChI=1S/C13H18Cl2N2O4/c14-9-1-2-12(11(15)5-9)21-7-10(18)6-17-3-4-20-8-13(16)19/h1-2,5,10,17-18H,3-4,6-8H2,(H2,16,19). The third-order valence-electron chi connectivity index (χ3n) is 2.37. The van der Waals surface area contributed by atoms with Crippen molar-refractivity contribution in [3.8, 4) is 5.75 Å². The molecule has 0 fully saturated rings. The van der Waals surface area contributed by atoms with Gasteiger partial charge in [0.05, 0.1) is 11.6 Å². The van der Waals surface area contributed by atoms with Crippen molar-refractivity contribution in [2.75, 3.05) is 32.9 Å². The van der Waals surface area contributed by atoms with Gasteiger partial charge in [-0.3, -0.25) is 4.79 Å². The Bertz CT molecular complexity index is 460. The summed E-state index contributed by atoms with van der Waals surface area (Å²) in [7, 11) is 0. The van der Waals surface area contributed by atoms with E-state index in [0.29, 0.717) is 35.5 Å². The first kappa shape index (κ1) is 18.0.